The molecule has 3 N–H and O–H groups in total. The van der Waals surface area contributed by atoms with Gasteiger partial charge in [0.15, 0.2) is 0 Å². The molecule has 1 aromatic heterocycles. The average molecular weight is 270 g/mol. The summed E-state index contributed by atoms with van der Waals surface area (Å²) in [5.74, 6) is -0.411. The molecule has 2 aromatic rings. The number of amides is 3. The van der Waals surface area contributed by atoms with E-state index < -0.39 is 11.9 Å². The van der Waals surface area contributed by atoms with Crippen LogP contribution in [-0.2, 0) is 0 Å². The number of aryl methyl sites for hydroxylation is 1. The lowest BCUT2D eigenvalue weighted by molar-refractivity contribution is 0.0938. The number of aromatic nitrogens is 1. The Bertz CT molecular complexity index is 596. The van der Waals surface area contributed by atoms with Gasteiger partial charge < -0.3 is 5.32 Å². The fraction of sp³-hybridized carbons (Fsp3) is 0.0714. The summed E-state index contributed by atoms with van der Waals surface area (Å²) in [5, 5.41) is 2.60. The maximum absolute atomic E-state index is 11.7. The fourth-order valence-electron chi connectivity index (χ4n) is 1.49. The number of benzene rings is 1. The van der Waals surface area contributed by atoms with Crippen molar-refractivity contribution in [3.05, 3.63) is 59.9 Å². The molecule has 6 heteroatoms. The van der Waals surface area contributed by atoms with E-state index in [0.29, 0.717) is 11.3 Å². The SMILES string of the molecule is Cc1ccc(NC(=O)NNC(=O)c2ccncc2)cc1. The summed E-state index contributed by atoms with van der Waals surface area (Å²) in [4.78, 5) is 27.1. The Kier molecular flexibility index (Phi) is 4.28. The van der Waals surface area contributed by atoms with Crippen LogP contribution in [0.25, 0.3) is 0 Å². The molecule has 0 aliphatic carbocycles. The monoisotopic (exact) mass is 270 g/mol. The summed E-state index contributed by atoms with van der Waals surface area (Å²) in [6.07, 6.45) is 3.00. The molecule has 0 spiro atoms. The molecule has 3 amide bonds. The second-order valence-electron chi connectivity index (χ2n) is 4.14. The van der Waals surface area contributed by atoms with Crippen LogP contribution in [0.4, 0.5) is 10.5 Å². The van der Waals surface area contributed by atoms with Gasteiger partial charge in [0.05, 0.1) is 0 Å². The third-order valence-electron chi connectivity index (χ3n) is 2.54. The number of carbonyl (C=O) groups excluding carboxylic acids is 2. The molecule has 0 saturated heterocycles. The van der Waals surface area contributed by atoms with E-state index in [2.05, 4.69) is 21.2 Å². The largest absolute Gasteiger partial charge is 0.337 e. The third kappa shape index (κ3) is 3.81. The first kappa shape index (κ1) is 13.5. The minimum absolute atomic E-state index is 0.411. The van der Waals surface area contributed by atoms with Crippen molar-refractivity contribution in [1.82, 2.24) is 15.8 Å². The highest BCUT2D eigenvalue weighted by molar-refractivity contribution is 5.96. The Morgan fingerprint density at radius 1 is 0.950 bits per heavy atom. The third-order valence-corrected chi connectivity index (χ3v) is 2.54. The zero-order valence-corrected chi connectivity index (χ0v) is 10.9. The van der Waals surface area contributed by atoms with Crippen LogP contribution in [0.15, 0.2) is 48.8 Å². The molecule has 0 unspecified atom stereocenters. The number of nitrogens with one attached hydrogen (secondary N) is 3. The van der Waals surface area contributed by atoms with Crippen molar-refractivity contribution in [2.45, 2.75) is 6.92 Å². The molecule has 0 saturated carbocycles. The van der Waals surface area contributed by atoms with Crippen molar-refractivity contribution >= 4 is 17.6 Å². The van der Waals surface area contributed by atoms with Gasteiger partial charge >= 0.3 is 6.03 Å². The summed E-state index contributed by atoms with van der Waals surface area (Å²) in [6, 6.07) is 9.90. The topological polar surface area (TPSA) is 83.1 Å². The maximum atomic E-state index is 11.7. The summed E-state index contributed by atoms with van der Waals surface area (Å²) < 4.78 is 0. The number of urea groups is 1. The van der Waals surface area contributed by atoms with Crippen molar-refractivity contribution in [3.63, 3.8) is 0 Å². The number of carbonyl (C=O) groups is 2. The van der Waals surface area contributed by atoms with Crippen molar-refractivity contribution in [1.29, 1.82) is 0 Å². The highest BCUT2D eigenvalue weighted by Crippen LogP contribution is 2.07. The smallest absolute Gasteiger partial charge is 0.307 e. The molecule has 0 atom stereocenters. The number of hydrogen-bond donors (Lipinski definition) is 3. The van der Waals surface area contributed by atoms with Gasteiger partial charge in [-0.05, 0) is 31.2 Å². The highest BCUT2D eigenvalue weighted by Gasteiger charge is 2.06. The molecular weight excluding hydrogens is 256 g/mol. The summed E-state index contributed by atoms with van der Waals surface area (Å²) in [5.41, 5.74) is 6.73. The summed E-state index contributed by atoms with van der Waals surface area (Å²) in [7, 11) is 0. The molecule has 0 bridgehead atoms. The van der Waals surface area contributed by atoms with E-state index in [0.717, 1.165) is 5.56 Å². The number of hydrazine groups is 1. The van der Waals surface area contributed by atoms with Gasteiger partial charge in [0.1, 0.15) is 0 Å². The zero-order chi connectivity index (χ0) is 14.4. The molecule has 0 aliphatic rings. The quantitative estimate of drug-likeness (QED) is 0.728. The van der Waals surface area contributed by atoms with Gasteiger partial charge in [-0.3, -0.25) is 15.2 Å². The standard InChI is InChI=1S/C14H14N4O2/c1-10-2-4-12(5-3-10)16-14(20)18-17-13(19)11-6-8-15-9-7-11/h2-9H,1H3,(H,17,19)(H2,16,18,20). The van der Waals surface area contributed by atoms with E-state index in [1.54, 1.807) is 24.3 Å². The first-order valence-electron chi connectivity index (χ1n) is 5.99. The molecule has 20 heavy (non-hydrogen) atoms. The van der Waals surface area contributed by atoms with E-state index in [-0.39, 0.29) is 0 Å². The van der Waals surface area contributed by atoms with Crippen LogP contribution in [-0.4, -0.2) is 16.9 Å². The van der Waals surface area contributed by atoms with Gasteiger partial charge in [0.25, 0.3) is 5.91 Å². The molecule has 102 valence electrons. The van der Waals surface area contributed by atoms with Crippen LogP contribution in [0.3, 0.4) is 0 Å². The van der Waals surface area contributed by atoms with Crippen LogP contribution in [0.5, 0.6) is 0 Å². The van der Waals surface area contributed by atoms with E-state index in [9.17, 15) is 9.59 Å². The van der Waals surface area contributed by atoms with E-state index in [1.165, 1.54) is 12.4 Å². The first-order valence-corrected chi connectivity index (χ1v) is 5.99. The molecule has 6 nitrogen and oxygen atoms in total. The first-order chi connectivity index (χ1) is 9.65. The molecule has 0 fully saturated rings. The Hall–Kier alpha value is -2.89. The normalized spacial score (nSPS) is 9.65. The Labute approximate surface area is 116 Å². The van der Waals surface area contributed by atoms with Crippen LogP contribution in [0.1, 0.15) is 15.9 Å². The number of nitrogens with zero attached hydrogens (tertiary/aromatic N) is 1. The van der Waals surface area contributed by atoms with E-state index in [1.807, 2.05) is 19.1 Å². The Balaban J connectivity index is 1.83. The molecule has 1 aromatic carbocycles. The van der Waals surface area contributed by atoms with Gasteiger partial charge in [-0.15, -0.1) is 0 Å². The van der Waals surface area contributed by atoms with Gasteiger partial charge in [0, 0.05) is 23.6 Å². The predicted molar refractivity (Wildman–Crippen MR) is 75.0 cm³/mol. The number of pyridine rings is 1. The van der Waals surface area contributed by atoms with Gasteiger partial charge in [-0.25, -0.2) is 10.2 Å². The predicted octanol–water partition coefficient (Wildman–Crippen LogP) is 1.86. The number of anilines is 1. The van der Waals surface area contributed by atoms with Crippen LogP contribution in [0.2, 0.25) is 0 Å². The van der Waals surface area contributed by atoms with Crippen LogP contribution < -0.4 is 16.2 Å². The highest BCUT2D eigenvalue weighted by atomic mass is 16.2. The minimum atomic E-state index is -0.517. The van der Waals surface area contributed by atoms with Crippen LogP contribution in [0, 0.1) is 6.92 Å². The lowest BCUT2D eigenvalue weighted by Crippen LogP contribution is -2.43. The second kappa shape index (κ2) is 6.33. The van der Waals surface area contributed by atoms with Gasteiger partial charge in [-0.1, -0.05) is 17.7 Å². The Morgan fingerprint density at radius 2 is 1.60 bits per heavy atom. The van der Waals surface area contributed by atoms with Gasteiger partial charge in [0.2, 0.25) is 0 Å². The second-order valence-corrected chi connectivity index (χ2v) is 4.14. The average Bonchev–Trinajstić information content (AvgIpc) is 2.48. The molecule has 0 radical (unpaired) electrons. The van der Waals surface area contributed by atoms with Crippen molar-refractivity contribution in [2.24, 2.45) is 0 Å². The van der Waals surface area contributed by atoms with Gasteiger partial charge in [-0.2, -0.15) is 0 Å². The molecular formula is C14H14N4O2. The molecule has 2 rings (SSSR count). The summed E-state index contributed by atoms with van der Waals surface area (Å²) in [6.45, 7) is 1.96. The lowest BCUT2D eigenvalue weighted by Gasteiger charge is -2.09. The van der Waals surface area contributed by atoms with E-state index >= 15 is 0 Å². The van der Waals surface area contributed by atoms with Crippen molar-refractivity contribution in [2.75, 3.05) is 5.32 Å². The van der Waals surface area contributed by atoms with E-state index in [4.69, 9.17) is 0 Å². The number of rotatable bonds is 2. The van der Waals surface area contributed by atoms with Crippen LogP contribution >= 0.6 is 0 Å². The Morgan fingerprint density at radius 3 is 2.25 bits per heavy atom. The molecule has 0 aliphatic heterocycles. The van der Waals surface area contributed by atoms with Crippen molar-refractivity contribution in [3.8, 4) is 0 Å². The fourth-order valence-corrected chi connectivity index (χ4v) is 1.49. The minimum Gasteiger partial charge on any atom is -0.307 e. The summed E-state index contributed by atoms with van der Waals surface area (Å²) >= 11 is 0. The molecule has 1 heterocycles. The lowest BCUT2D eigenvalue weighted by atomic mass is 10.2. The van der Waals surface area contributed by atoms with Crippen molar-refractivity contribution < 1.29 is 9.59 Å². The number of hydrogen-bond acceptors (Lipinski definition) is 3. The maximum Gasteiger partial charge on any atom is 0.337 e. The zero-order valence-electron chi connectivity index (χ0n) is 10.9.